The Labute approximate surface area is 93.4 Å². The van der Waals surface area contributed by atoms with Gasteiger partial charge in [0.1, 0.15) is 5.69 Å². The minimum atomic E-state index is 0.495. The normalized spacial score (nSPS) is 10.7. The number of rotatable bonds is 3. The average molecular weight is 221 g/mol. The molecule has 6 nitrogen and oxygen atoms in total. The molecule has 6 heteroatoms. The van der Waals surface area contributed by atoms with Crippen LogP contribution in [0.5, 0.6) is 11.8 Å². The lowest BCUT2D eigenvalue weighted by atomic mass is 10.3. The van der Waals surface area contributed by atoms with Crippen LogP contribution >= 0.6 is 0 Å². The van der Waals surface area contributed by atoms with E-state index < -0.39 is 0 Å². The summed E-state index contributed by atoms with van der Waals surface area (Å²) < 4.78 is 7.20. The molecule has 0 spiro atoms. The Morgan fingerprint density at radius 2 is 2.31 bits per heavy atom. The van der Waals surface area contributed by atoms with Gasteiger partial charge in [-0.2, -0.15) is 5.10 Å². The zero-order valence-electron chi connectivity index (χ0n) is 9.61. The van der Waals surface area contributed by atoms with Crippen LogP contribution in [0.15, 0.2) is 6.07 Å². The van der Waals surface area contributed by atoms with Crippen LogP contribution in [-0.2, 0) is 13.5 Å². The smallest absolute Gasteiger partial charge is 0.243 e. The molecule has 0 amide bonds. The van der Waals surface area contributed by atoms with E-state index in [1.165, 1.54) is 0 Å². The molecular formula is C10H15N5O. The van der Waals surface area contributed by atoms with Gasteiger partial charge < -0.3 is 10.5 Å². The fourth-order valence-electron chi connectivity index (χ4n) is 1.50. The fourth-order valence-corrected chi connectivity index (χ4v) is 1.50. The number of hydrogen-bond donors (Lipinski definition) is 2. The molecule has 2 aromatic heterocycles. The summed E-state index contributed by atoms with van der Waals surface area (Å²) in [7, 11) is 1.80. The summed E-state index contributed by atoms with van der Waals surface area (Å²) in [4.78, 5) is 0. The Morgan fingerprint density at radius 1 is 1.56 bits per heavy atom. The Kier molecular flexibility index (Phi) is 2.55. The Hall–Kier alpha value is -1.98. The van der Waals surface area contributed by atoms with E-state index in [0.29, 0.717) is 17.4 Å². The van der Waals surface area contributed by atoms with Crippen molar-refractivity contribution in [1.82, 2.24) is 20.0 Å². The molecule has 0 bridgehead atoms. The van der Waals surface area contributed by atoms with Crippen LogP contribution in [0.2, 0.25) is 0 Å². The van der Waals surface area contributed by atoms with Crippen molar-refractivity contribution in [2.45, 2.75) is 20.3 Å². The van der Waals surface area contributed by atoms with Gasteiger partial charge in [0.25, 0.3) is 0 Å². The van der Waals surface area contributed by atoms with Crippen LogP contribution in [0, 0.1) is 6.92 Å². The Bertz CT molecular complexity index is 499. The molecule has 3 N–H and O–H groups in total. The number of nitrogens with one attached hydrogen (secondary N) is 1. The van der Waals surface area contributed by atoms with Crippen molar-refractivity contribution >= 4 is 5.69 Å². The van der Waals surface area contributed by atoms with Gasteiger partial charge in [0, 0.05) is 18.8 Å². The molecule has 2 heterocycles. The molecule has 16 heavy (non-hydrogen) atoms. The highest BCUT2D eigenvalue weighted by molar-refractivity contribution is 5.54. The average Bonchev–Trinajstić information content (AvgIpc) is 2.77. The highest BCUT2D eigenvalue weighted by Crippen LogP contribution is 2.28. The molecule has 2 aromatic rings. The third-order valence-electron chi connectivity index (χ3n) is 2.32. The highest BCUT2D eigenvalue weighted by Gasteiger charge is 2.14. The van der Waals surface area contributed by atoms with Gasteiger partial charge in [0.05, 0.1) is 5.69 Å². The van der Waals surface area contributed by atoms with Crippen molar-refractivity contribution in [1.29, 1.82) is 0 Å². The first-order valence-corrected chi connectivity index (χ1v) is 5.13. The van der Waals surface area contributed by atoms with Gasteiger partial charge in [-0.05, 0) is 13.3 Å². The fraction of sp³-hybridized carbons (Fsp3) is 0.400. The minimum Gasteiger partial charge on any atom is -0.417 e. The molecule has 0 aliphatic carbocycles. The molecule has 0 fully saturated rings. The molecular weight excluding hydrogens is 206 g/mol. The summed E-state index contributed by atoms with van der Waals surface area (Å²) >= 11 is 0. The second-order valence-corrected chi connectivity index (χ2v) is 3.63. The van der Waals surface area contributed by atoms with E-state index in [2.05, 4.69) is 15.3 Å². The molecule has 0 aliphatic rings. The molecule has 2 rings (SSSR count). The number of aryl methyl sites for hydroxylation is 3. The second-order valence-electron chi connectivity index (χ2n) is 3.63. The lowest BCUT2D eigenvalue weighted by Crippen LogP contribution is -1.97. The molecule has 0 aliphatic heterocycles. The third-order valence-corrected chi connectivity index (χ3v) is 2.32. The lowest BCUT2D eigenvalue weighted by Gasteiger charge is -2.02. The number of H-pyrrole nitrogens is 1. The molecule has 0 atom stereocenters. The maximum absolute atomic E-state index is 5.92. The van der Waals surface area contributed by atoms with Gasteiger partial charge >= 0.3 is 0 Å². The predicted octanol–water partition coefficient (Wildman–Crippen LogP) is 1.39. The summed E-state index contributed by atoms with van der Waals surface area (Å²) in [5.41, 5.74) is 8.27. The van der Waals surface area contributed by atoms with Crippen molar-refractivity contribution < 1.29 is 4.74 Å². The van der Waals surface area contributed by atoms with Crippen LogP contribution < -0.4 is 10.5 Å². The number of nitrogens with two attached hydrogens (primary N) is 1. The summed E-state index contributed by atoms with van der Waals surface area (Å²) in [6.45, 7) is 3.91. The maximum Gasteiger partial charge on any atom is 0.243 e. The molecule has 0 saturated carbocycles. The number of aromatic amines is 1. The van der Waals surface area contributed by atoms with Gasteiger partial charge in [-0.3, -0.25) is 5.10 Å². The topological polar surface area (TPSA) is 81.8 Å². The van der Waals surface area contributed by atoms with Crippen LogP contribution in [0.1, 0.15) is 18.3 Å². The highest BCUT2D eigenvalue weighted by atomic mass is 16.5. The summed E-state index contributed by atoms with van der Waals surface area (Å²) in [5, 5.41) is 11.0. The van der Waals surface area contributed by atoms with Crippen molar-refractivity contribution in [3.8, 4) is 11.8 Å². The minimum absolute atomic E-state index is 0.495. The van der Waals surface area contributed by atoms with Gasteiger partial charge in [-0.15, -0.1) is 5.10 Å². The van der Waals surface area contributed by atoms with Crippen molar-refractivity contribution in [3.05, 3.63) is 17.5 Å². The van der Waals surface area contributed by atoms with E-state index in [-0.39, 0.29) is 0 Å². The van der Waals surface area contributed by atoms with Crippen LogP contribution in [0.4, 0.5) is 5.69 Å². The largest absolute Gasteiger partial charge is 0.417 e. The van der Waals surface area contributed by atoms with Crippen molar-refractivity contribution in [3.63, 3.8) is 0 Å². The molecule has 86 valence electrons. The molecule has 0 radical (unpaired) electrons. The number of nitrogen functional groups attached to an aromatic ring is 1. The zero-order chi connectivity index (χ0) is 11.7. The quantitative estimate of drug-likeness (QED) is 0.820. The monoisotopic (exact) mass is 221 g/mol. The van der Waals surface area contributed by atoms with Gasteiger partial charge in [-0.1, -0.05) is 6.92 Å². The van der Waals surface area contributed by atoms with E-state index in [1.807, 2.05) is 13.8 Å². The van der Waals surface area contributed by atoms with Crippen LogP contribution in [0.3, 0.4) is 0 Å². The second kappa shape index (κ2) is 3.88. The van der Waals surface area contributed by atoms with Gasteiger partial charge in [-0.25, -0.2) is 4.68 Å². The van der Waals surface area contributed by atoms with Gasteiger partial charge in [0.15, 0.2) is 0 Å². The number of hydrogen-bond acceptors (Lipinski definition) is 4. The number of ether oxygens (including phenoxy) is 1. The Morgan fingerprint density at radius 3 is 2.81 bits per heavy atom. The van der Waals surface area contributed by atoms with Gasteiger partial charge in [0.2, 0.25) is 11.8 Å². The lowest BCUT2D eigenvalue weighted by molar-refractivity contribution is 0.416. The van der Waals surface area contributed by atoms with E-state index in [9.17, 15) is 0 Å². The van der Waals surface area contributed by atoms with Crippen LogP contribution in [-0.4, -0.2) is 20.0 Å². The summed E-state index contributed by atoms with van der Waals surface area (Å²) in [5.74, 6) is 1.03. The van der Waals surface area contributed by atoms with Crippen LogP contribution in [0.25, 0.3) is 0 Å². The van der Waals surface area contributed by atoms with E-state index in [1.54, 1.807) is 17.8 Å². The Balaban J connectivity index is 2.30. The number of aromatic nitrogens is 4. The SMILES string of the molecule is CCc1nn(C)c(Oc2cc(C)[nH]n2)c1N. The molecule has 0 saturated heterocycles. The van der Waals surface area contributed by atoms with Crippen molar-refractivity contribution in [2.75, 3.05) is 5.73 Å². The number of anilines is 1. The third kappa shape index (κ3) is 1.73. The van der Waals surface area contributed by atoms with E-state index >= 15 is 0 Å². The first kappa shape index (κ1) is 10.5. The first-order chi connectivity index (χ1) is 7.61. The van der Waals surface area contributed by atoms with Crippen molar-refractivity contribution in [2.24, 2.45) is 7.05 Å². The summed E-state index contributed by atoms with van der Waals surface area (Å²) in [6, 6.07) is 1.80. The molecule has 0 aromatic carbocycles. The standard InChI is InChI=1S/C10H15N5O/c1-4-7-9(11)10(15(3)14-7)16-8-5-6(2)12-13-8/h5H,4,11H2,1-3H3,(H,12,13). The zero-order valence-corrected chi connectivity index (χ0v) is 9.61. The maximum atomic E-state index is 5.92. The summed E-state index contributed by atoms with van der Waals surface area (Å²) in [6.07, 6.45) is 0.780. The predicted molar refractivity (Wildman–Crippen MR) is 60.4 cm³/mol. The van der Waals surface area contributed by atoms with E-state index in [0.717, 1.165) is 17.8 Å². The first-order valence-electron chi connectivity index (χ1n) is 5.13. The number of nitrogens with zero attached hydrogens (tertiary/aromatic N) is 3. The molecule has 0 unspecified atom stereocenters. The van der Waals surface area contributed by atoms with E-state index in [4.69, 9.17) is 10.5 Å².